The third kappa shape index (κ3) is 3.28. The smallest absolute Gasteiger partial charge is 0.418 e. The molecule has 18 heavy (non-hydrogen) atoms. The number of benzene rings is 1. The summed E-state index contributed by atoms with van der Waals surface area (Å²) in [5.41, 5.74) is 4.10. The molecular weight excluding hydrogens is 249 g/mol. The topological polar surface area (TPSA) is 64.3 Å². The first kappa shape index (κ1) is 14.1. The highest BCUT2D eigenvalue weighted by Gasteiger charge is 2.33. The van der Waals surface area contributed by atoms with Crippen LogP contribution in [0.2, 0.25) is 0 Å². The molecule has 0 heterocycles. The molecule has 0 amide bonds. The number of hydrogen-bond acceptors (Lipinski definition) is 4. The molecule has 1 aromatic carbocycles. The molecule has 0 saturated carbocycles. The number of ether oxygens (including phenoxy) is 1. The summed E-state index contributed by atoms with van der Waals surface area (Å²) < 4.78 is 42.2. The fourth-order valence-electron chi connectivity index (χ4n) is 1.38. The summed E-state index contributed by atoms with van der Waals surface area (Å²) in [4.78, 5) is 11.1. The van der Waals surface area contributed by atoms with Crippen LogP contribution in [-0.2, 0) is 15.7 Å². The second-order valence-electron chi connectivity index (χ2n) is 3.69. The molecule has 100 valence electrons. The number of rotatable bonds is 3. The second kappa shape index (κ2) is 5.16. The summed E-state index contributed by atoms with van der Waals surface area (Å²) >= 11 is 0. The molecule has 4 nitrogen and oxygen atoms in total. The van der Waals surface area contributed by atoms with Crippen LogP contribution in [0.5, 0.6) is 0 Å². The molecule has 1 unspecified atom stereocenters. The number of carbonyl (C=O) groups excluding carboxylic acids is 1. The first-order valence-corrected chi connectivity index (χ1v) is 5.06. The first-order chi connectivity index (χ1) is 8.25. The van der Waals surface area contributed by atoms with Gasteiger partial charge < -0.3 is 15.8 Å². The van der Waals surface area contributed by atoms with E-state index in [2.05, 4.69) is 10.1 Å². The van der Waals surface area contributed by atoms with Crippen molar-refractivity contribution >= 4 is 17.3 Å². The Kier molecular flexibility index (Phi) is 4.05. The lowest BCUT2D eigenvalue weighted by molar-refractivity contribution is -0.141. The van der Waals surface area contributed by atoms with Crippen LogP contribution in [-0.4, -0.2) is 19.1 Å². The Hall–Kier alpha value is -1.92. The maximum atomic E-state index is 12.6. The van der Waals surface area contributed by atoms with E-state index in [1.807, 2.05) is 0 Å². The van der Waals surface area contributed by atoms with Gasteiger partial charge in [0.15, 0.2) is 0 Å². The van der Waals surface area contributed by atoms with E-state index in [-0.39, 0.29) is 11.4 Å². The fraction of sp³-hybridized carbons (Fsp3) is 0.364. The number of nitrogen functional groups attached to an aromatic ring is 1. The summed E-state index contributed by atoms with van der Waals surface area (Å²) in [6.07, 6.45) is -4.53. The van der Waals surface area contributed by atoms with Gasteiger partial charge in [0.05, 0.1) is 12.7 Å². The number of methoxy groups -OCH3 is 1. The number of esters is 1. The van der Waals surface area contributed by atoms with Gasteiger partial charge >= 0.3 is 12.1 Å². The quantitative estimate of drug-likeness (QED) is 0.647. The van der Waals surface area contributed by atoms with Crippen molar-refractivity contribution < 1.29 is 22.7 Å². The molecule has 3 N–H and O–H groups in total. The molecule has 0 aliphatic carbocycles. The Bertz CT molecular complexity index is 446. The van der Waals surface area contributed by atoms with Gasteiger partial charge in [-0.05, 0) is 25.1 Å². The predicted octanol–water partition coefficient (Wildman–Crippen LogP) is 2.26. The van der Waals surface area contributed by atoms with Crippen molar-refractivity contribution in [1.82, 2.24) is 0 Å². The average molecular weight is 262 g/mol. The molecule has 7 heteroatoms. The zero-order chi connectivity index (χ0) is 13.9. The molecule has 0 fully saturated rings. The van der Waals surface area contributed by atoms with Gasteiger partial charge in [-0.3, -0.25) is 0 Å². The van der Waals surface area contributed by atoms with Gasteiger partial charge in [-0.2, -0.15) is 13.2 Å². The normalized spacial score (nSPS) is 12.9. The number of hydrogen-bond donors (Lipinski definition) is 2. The third-order valence-electron chi connectivity index (χ3n) is 2.30. The van der Waals surface area contributed by atoms with Crippen molar-refractivity contribution in [2.24, 2.45) is 0 Å². The number of carbonyl (C=O) groups is 1. The molecular formula is C11H13F3N2O2. The number of alkyl halides is 3. The highest BCUT2D eigenvalue weighted by molar-refractivity contribution is 5.79. The molecule has 0 aliphatic rings. The highest BCUT2D eigenvalue weighted by atomic mass is 19.4. The van der Waals surface area contributed by atoms with Crippen molar-refractivity contribution in [2.75, 3.05) is 18.2 Å². The molecule has 1 aromatic rings. The lowest BCUT2D eigenvalue weighted by Crippen LogP contribution is -2.27. The average Bonchev–Trinajstić information content (AvgIpc) is 2.29. The van der Waals surface area contributed by atoms with E-state index in [0.717, 1.165) is 12.1 Å². The zero-order valence-corrected chi connectivity index (χ0v) is 9.84. The van der Waals surface area contributed by atoms with Crippen LogP contribution in [0.15, 0.2) is 18.2 Å². The lowest BCUT2D eigenvalue weighted by Gasteiger charge is -2.16. The van der Waals surface area contributed by atoms with Crippen LogP contribution in [0.3, 0.4) is 0 Å². The first-order valence-electron chi connectivity index (χ1n) is 5.06. The molecule has 1 atom stereocenters. The number of nitrogens with one attached hydrogen (secondary N) is 1. The summed E-state index contributed by atoms with van der Waals surface area (Å²) in [7, 11) is 1.20. The Morgan fingerprint density at radius 3 is 2.56 bits per heavy atom. The molecule has 0 spiro atoms. The van der Waals surface area contributed by atoms with Crippen molar-refractivity contribution in [3.63, 3.8) is 0 Å². The Labute approximate surface area is 102 Å². The van der Waals surface area contributed by atoms with Crippen LogP contribution in [0.4, 0.5) is 24.5 Å². The van der Waals surface area contributed by atoms with Gasteiger partial charge in [0.1, 0.15) is 6.04 Å². The molecule has 0 radical (unpaired) electrons. The Balaban J connectivity index is 2.96. The van der Waals surface area contributed by atoms with Gasteiger partial charge in [0.2, 0.25) is 0 Å². The second-order valence-corrected chi connectivity index (χ2v) is 3.69. The van der Waals surface area contributed by atoms with E-state index >= 15 is 0 Å². The Morgan fingerprint density at radius 2 is 2.06 bits per heavy atom. The third-order valence-corrected chi connectivity index (χ3v) is 2.30. The zero-order valence-electron chi connectivity index (χ0n) is 9.84. The van der Waals surface area contributed by atoms with Crippen molar-refractivity contribution in [3.8, 4) is 0 Å². The van der Waals surface area contributed by atoms with Crippen LogP contribution >= 0.6 is 0 Å². The van der Waals surface area contributed by atoms with Crippen molar-refractivity contribution in [1.29, 1.82) is 0 Å². The van der Waals surface area contributed by atoms with E-state index in [0.29, 0.717) is 0 Å². The number of anilines is 2. The monoisotopic (exact) mass is 262 g/mol. The SMILES string of the molecule is COC(=O)C(C)Nc1ccc(N)c(C(F)(F)F)c1. The van der Waals surface area contributed by atoms with Gasteiger partial charge in [-0.1, -0.05) is 0 Å². The van der Waals surface area contributed by atoms with E-state index in [1.54, 1.807) is 0 Å². The highest BCUT2D eigenvalue weighted by Crippen LogP contribution is 2.35. The van der Waals surface area contributed by atoms with E-state index in [4.69, 9.17) is 5.73 Å². The number of halogens is 3. The van der Waals surface area contributed by atoms with Crippen molar-refractivity contribution in [2.45, 2.75) is 19.1 Å². The van der Waals surface area contributed by atoms with Gasteiger partial charge in [-0.15, -0.1) is 0 Å². The Morgan fingerprint density at radius 1 is 1.44 bits per heavy atom. The molecule has 0 saturated heterocycles. The van der Waals surface area contributed by atoms with Crippen molar-refractivity contribution in [3.05, 3.63) is 23.8 Å². The van der Waals surface area contributed by atoms with Crippen LogP contribution in [0.25, 0.3) is 0 Å². The summed E-state index contributed by atoms with van der Waals surface area (Å²) in [5, 5.41) is 2.60. The molecule has 1 rings (SSSR count). The maximum absolute atomic E-state index is 12.6. The van der Waals surface area contributed by atoms with Crippen LogP contribution in [0.1, 0.15) is 12.5 Å². The van der Waals surface area contributed by atoms with Crippen LogP contribution < -0.4 is 11.1 Å². The summed E-state index contributed by atoms with van der Waals surface area (Å²) in [6.45, 7) is 1.48. The largest absolute Gasteiger partial charge is 0.467 e. The fourth-order valence-corrected chi connectivity index (χ4v) is 1.38. The standard InChI is InChI=1S/C11H13F3N2O2/c1-6(10(17)18-2)16-7-3-4-9(15)8(5-7)11(12,13)14/h3-6,16H,15H2,1-2H3. The predicted molar refractivity (Wildman–Crippen MR) is 61.0 cm³/mol. The minimum Gasteiger partial charge on any atom is -0.467 e. The summed E-state index contributed by atoms with van der Waals surface area (Å²) in [6, 6.07) is 2.60. The molecule has 0 aromatic heterocycles. The van der Waals surface area contributed by atoms with Crippen LogP contribution in [0, 0.1) is 0 Å². The van der Waals surface area contributed by atoms with E-state index in [1.165, 1.54) is 20.1 Å². The minimum absolute atomic E-state index is 0.148. The number of nitrogens with two attached hydrogens (primary N) is 1. The minimum atomic E-state index is -4.53. The lowest BCUT2D eigenvalue weighted by atomic mass is 10.1. The van der Waals surface area contributed by atoms with Gasteiger partial charge in [0, 0.05) is 11.4 Å². The maximum Gasteiger partial charge on any atom is 0.418 e. The van der Waals surface area contributed by atoms with E-state index < -0.39 is 23.8 Å². The summed E-state index contributed by atoms with van der Waals surface area (Å²) in [5.74, 6) is -0.569. The molecule has 0 bridgehead atoms. The van der Waals surface area contributed by atoms with Gasteiger partial charge in [0.25, 0.3) is 0 Å². The molecule has 0 aliphatic heterocycles. The van der Waals surface area contributed by atoms with Gasteiger partial charge in [-0.25, -0.2) is 4.79 Å². The van der Waals surface area contributed by atoms with E-state index in [9.17, 15) is 18.0 Å².